The van der Waals surface area contributed by atoms with Gasteiger partial charge in [0.15, 0.2) is 0 Å². The molecule has 0 aliphatic carbocycles. The van der Waals surface area contributed by atoms with Crippen LogP contribution in [0.4, 0.5) is 0 Å². The molecule has 3 rings (SSSR count). The van der Waals surface area contributed by atoms with Crippen LogP contribution in [0, 0.1) is 0 Å². The van der Waals surface area contributed by atoms with Crippen LogP contribution in [-0.4, -0.2) is 15.0 Å². The van der Waals surface area contributed by atoms with Gasteiger partial charge in [0.05, 0.1) is 10.7 Å². The number of rotatable bonds is 1. The lowest BCUT2D eigenvalue weighted by Gasteiger charge is -1.96. The number of hydrogen-bond donors (Lipinski definition) is 0. The van der Waals surface area contributed by atoms with E-state index in [2.05, 4.69) is 10.2 Å². The summed E-state index contributed by atoms with van der Waals surface area (Å²) in [5.41, 5.74) is 2.22. The SMILES string of the molecule is Clc1cc(Cl)c2nn(-c3ccccc3)nc2c1. The molecule has 0 aliphatic rings. The summed E-state index contributed by atoms with van der Waals surface area (Å²) in [7, 11) is 0. The van der Waals surface area contributed by atoms with Crippen molar-refractivity contribution in [1.82, 2.24) is 15.0 Å². The van der Waals surface area contributed by atoms with Gasteiger partial charge < -0.3 is 0 Å². The quantitative estimate of drug-likeness (QED) is 0.670. The van der Waals surface area contributed by atoms with E-state index < -0.39 is 0 Å². The third-order valence-electron chi connectivity index (χ3n) is 2.39. The third kappa shape index (κ3) is 1.88. The number of para-hydroxylation sites is 1. The van der Waals surface area contributed by atoms with E-state index in [4.69, 9.17) is 23.2 Å². The molecule has 1 aromatic heterocycles. The second kappa shape index (κ2) is 4.02. The van der Waals surface area contributed by atoms with E-state index >= 15 is 0 Å². The largest absolute Gasteiger partial charge is 0.150 e. The molecule has 3 nitrogen and oxygen atoms in total. The Bertz CT molecular complexity index is 677. The van der Waals surface area contributed by atoms with Gasteiger partial charge in [-0.3, -0.25) is 0 Å². The molecule has 0 atom stereocenters. The van der Waals surface area contributed by atoms with Gasteiger partial charge in [-0.05, 0) is 24.3 Å². The highest BCUT2D eigenvalue weighted by atomic mass is 35.5. The molecule has 17 heavy (non-hydrogen) atoms. The summed E-state index contributed by atoms with van der Waals surface area (Å²) in [6.45, 7) is 0. The zero-order valence-corrected chi connectivity index (χ0v) is 10.2. The predicted octanol–water partition coefficient (Wildman–Crippen LogP) is 3.73. The minimum absolute atomic E-state index is 0.509. The summed E-state index contributed by atoms with van der Waals surface area (Å²) in [5, 5.41) is 9.75. The first-order valence-electron chi connectivity index (χ1n) is 5.01. The van der Waals surface area contributed by atoms with Crippen LogP contribution in [0.25, 0.3) is 16.7 Å². The number of halogens is 2. The van der Waals surface area contributed by atoms with Crippen molar-refractivity contribution in [3.63, 3.8) is 0 Å². The summed E-state index contributed by atoms with van der Waals surface area (Å²) in [6, 6.07) is 13.1. The lowest BCUT2D eigenvalue weighted by molar-refractivity contribution is 0.766. The summed E-state index contributed by atoms with van der Waals surface area (Å²) >= 11 is 12.0. The van der Waals surface area contributed by atoms with Gasteiger partial charge in [0.25, 0.3) is 0 Å². The Labute approximate surface area is 108 Å². The normalized spacial score (nSPS) is 10.9. The molecule has 0 spiro atoms. The summed E-state index contributed by atoms with van der Waals surface area (Å²) in [6.07, 6.45) is 0. The van der Waals surface area contributed by atoms with Gasteiger partial charge in [-0.2, -0.15) is 4.80 Å². The average molecular weight is 264 g/mol. The first kappa shape index (κ1) is 10.6. The number of aromatic nitrogens is 3. The van der Waals surface area contributed by atoms with Gasteiger partial charge in [0.2, 0.25) is 0 Å². The third-order valence-corrected chi connectivity index (χ3v) is 2.90. The molecule has 0 saturated heterocycles. The fraction of sp³-hybridized carbons (Fsp3) is 0. The maximum Gasteiger partial charge on any atom is 0.132 e. The molecular formula is C12H7Cl2N3. The maximum atomic E-state index is 6.06. The van der Waals surface area contributed by atoms with Crippen molar-refractivity contribution in [3.8, 4) is 5.69 Å². The molecule has 0 fully saturated rings. The fourth-order valence-electron chi connectivity index (χ4n) is 1.62. The number of nitrogens with zero attached hydrogens (tertiary/aromatic N) is 3. The molecule has 5 heteroatoms. The van der Waals surface area contributed by atoms with E-state index in [9.17, 15) is 0 Å². The Hall–Kier alpha value is -1.58. The topological polar surface area (TPSA) is 30.7 Å². The van der Waals surface area contributed by atoms with Crippen LogP contribution in [0.2, 0.25) is 10.0 Å². The van der Waals surface area contributed by atoms with Crippen molar-refractivity contribution in [2.75, 3.05) is 0 Å². The lowest BCUT2D eigenvalue weighted by atomic mass is 10.3. The zero-order valence-electron chi connectivity index (χ0n) is 8.64. The summed E-state index contributed by atoms with van der Waals surface area (Å²) < 4.78 is 0. The highest BCUT2D eigenvalue weighted by Crippen LogP contribution is 2.25. The fourth-order valence-corrected chi connectivity index (χ4v) is 2.14. The van der Waals surface area contributed by atoms with E-state index in [0.717, 1.165) is 5.69 Å². The van der Waals surface area contributed by atoms with Gasteiger partial charge in [-0.1, -0.05) is 41.4 Å². The van der Waals surface area contributed by atoms with Crippen LogP contribution in [0.5, 0.6) is 0 Å². The van der Waals surface area contributed by atoms with Crippen molar-refractivity contribution < 1.29 is 0 Å². The molecular weight excluding hydrogens is 257 g/mol. The van der Waals surface area contributed by atoms with Gasteiger partial charge in [0, 0.05) is 5.02 Å². The summed E-state index contributed by atoms with van der Waals surface area (Å²) in [5.74, 6) is 0. The molecule has 84 valence electrons. The van der Waals surface area contributed by atoms with Gasteiger partial charge in [0.1, 0.15) is 11.0 Å². The van der Waals surface area contributed by atoms with Gasteiger partial charge in [-0.15, -0.1) is 10.2 Å². The van der Waals surface area contributed by atoms with Crippen molar-refractivity contribution in [2.45, 2.75) is 0 Å². The van der Waals surface area contributed by atoms with Crippen LogP contribution in [0.3, 0.4) is 0 Å². The van der Waals surface area contributed by atoms with Crippen LogP contribution in [0.15, 0.2) is 42.5 Å². The summed E-state index contributed by atoms with van der Waals surface area (Å²) in [4.78, 5) is 1.55. The maximum absolute atomic E-state index is 6.06. The number of fused-ring (bicyclic) bond motifs is 1. The monoisotopic (exact) mass is 263 g/mol. The molecule has 0 radical (unpaired) electrons. The molecule has 0 saturated carbocycles. The lowest BCUT2D eigenvalue weighted by Crippen LogP contribution is -1.97. The van der Waals surface area contributed by atoms with Crippen LogP contribution >= 0.6 is 23.2 Å². The highest BCUT2D eigenvalue weighted by Gasteiger charge is 2.08. The van der Waals surface area contributed by atoms with Crippen LogP contribution in [0.1, 0.15) is 0 Å². The highest BCUT2D eigenvalue weighted by molar-refractivity contribution is 6.38. The van der Waals surface area contributed by atoms with Crippen LogP contribution < -0.4 is 0 Å². The predicted molar refractivity (Wildman–Crippen MR) is 68.9 cm³/mol. The van der Waals surface area contributed by atoms with Crippen molar-refractivity contribution >= 4 is 34.2 Å². The number of benzene rings is 2. The Morgan fingerprint density at radius 2 is 1.71 bits per heavy atom. The minimum Gasteiger partial charge on any atom is -0.150 e. The molecule has 1 heterocycles. The average Bonchev–Trinajstić information content (AvgIpc) is 2.74. The van der Waals surface area contributed by atoms with E-state index in [1.807, 2.05) is 30.3 Å². The Morgan fingerprint density at radius 3 is 2.47 bits per heavy atom. The molecule has 3 aromatic rings. The molecule has 0 N–H and O–H groups in total. The van der Waals surface area contributed by atoms with E-state index in [-0.39, 0.29) is 0 Å². The second-order valence-electron chi connectivity index (χ2n) is 3.58. The molecule has 0 amide bonds. The Kier molecular flexibility index (Phi) is 2.50. The molecule has 0 unspecified atom stereocenters. The first-order chi connectivity index (χ1) is 8.24. The Morgan fingerprint density at radius 1 is 0.941 bits per heavy atom. The molecule has 0 aliphatic heterocycles. The Balaban J connectivity index is 2.24. The standard InChI is InChI=1S/C12H7Cl2N3/c13-8-6-10(14)12-11(7-8)15-17(16-12)9-4-2-1-3-5-9/h1-7H. The van der Waals surface area contributed by atoms with E-state index in [1.165, 1.54) is 0 Å². The van der Waals surface area contributed by atoms with Gasteiger partial charge in [-0.25, -0.2) is 0 Å². The first-order valence-corrected chi connectivity index (χ1v) is 5.77. The van der Waals surface area contributed by atoms with Crippen LogP contribution in [-0.2, 0) is 0 Å². The van der Waals surface area contributed by atoms with E-state index in [0.29, 0.717) is 21.1 Å². The second-order valence-corrected chi connectivity index (χ2v) is 4.42. The minimum atomic E-state index is 0.509. The molecule has 2 aromatic carbocycles. The van der Waals surface area contributed by atoms with Crippen molar-refractivity contribution in [3.05, 3.63) is 52.5 Å². The number of hydrogen-bond acceptors (Lipinski definition) is 2. The van der Waals surface area contributed by atoms with Gasteiger partial charge >= 0.3 is 0 Å². The van der Waals surface area contributed by atoms with E-state index in [1.54, 1.807) is 16.9 Å². The molecule has 0 bridgehead atoms. The smallest absolute Gasteiger partial charge is 0.132 e. The van der Waals surface area contributed by atoms with Crippen molar-refractivity contribution in [1.29, 1.82) is 0 Å². The van der Waals surface area contributed by atoms with Crippen molar-refractivity contribution in [2.24, 2.45) is 0 Å². The zero-order chi connectivity index (χ0) is 11.8.